The molecule has 19 heteroatoms. The minimum absolute atomic E-state index is 0.189. The predicted molar refractivity (Wildman–Crippen MR) is 582 cm³/mol. The fourth-order valence-corrected chi connectivity index (χ4v) is 20.2. The molecule has 1 heterocycles. The Morgan fingerprint density at radius 3 is 0.615 bits per heavy atom. The van der Waals surface area contributed by atoms with E-state index in [-0.39, 0.29) is 60.0 Å². The van der Waals surface area contributed by atoms with Gasteiger partial charge in [0.25, 0.3) is 0 Å². The average molecular weight is 2080 g/mol. The monoisotopic (exact) mass is 2070 g/mol. The number of rotatable bonds is 50. The molecule has 143 heavy (non-hydrogen) atoms. The third-order valence-electron chi connectivity index (χ3n) is 27.1. The molecule has 0 N–H and O–H groups in total. The highest BCUT2D eigenvalue weighted by Crippen LogP contribution is 2.47. The molecule has 0 aromatic heterocycles. The molecular formula is C124H154Br2O17. The van der Waals surface area contributed by atoms with Crippen LogP contribution >= 0.6 is 31.9 Å². The number of benzene rings is 8. The Morgan fingerprint density at radius 2 is 0.420 bits per heavy atom. The first kappa shape index (κ1) is 113. The first-order valence-electron chi connectivity index (χ1n) is 53.9. The average Bonchev–Trinajstić information content (AvgIpc) is 0.880. The van der Waals surface area contributed by atoms with Crippen molar-refractivity contribution in [2.24, 2.45) is 0 Å². The molecule has 5 aliphatic rings. The van der Waals surface area contributed by atoms with Crippen molar-refractivity contribution in [1.82, 2.24) is 0 Å². The highest BCUT2D eigenvalue weighted by atomic mass is 79.9. The predicted octanol–water partition coefficient (Wildman–Crippen LogP) is 32.3. The minimum Gasteiger partial charge on any atom is -0.458 e. The molecule has 0 radical (unpaired) electrons. The number of carbonyl (C=O) groups excluding carboxylic acids is 8. The van der Waals surface area contributed by atoms with E-state index in [0.717, 1.165) is 288 Å². The lowest BCUT2D eigenvalue weighted by molar-refractivity contribution is -0.151. The molecular weight excluding hydrogens is 1920 g/mol. The highest BCUT2D eigenvalue weighted by Gasteiger charge is 2.35. The zero-order valence-corrected chi connectivity index (χ0v) is 89.2. The van der Waals surface area contributed by atoms with Crippen LogP contribution in [0.25, 0.3) is 89.1 Å². The molecule has 8 aromatic carbocycles. The van der Waals surface area contributed by atoms with Crippen LogP contribution in [0.4, 0.5) is 0 Å². The summed E-state index contributed by atoms with van der Waals surface area (Å²) >= 11 is 7.73. The molecule has 4 aliphatic carbocycles. The molecule has 766 valence electrons. The zero-order valence-electron chi connectivity index (χ0n) is 86.1. The van der Waals surface area contributed by atoms with E-state index in [1.165, 1.54) is 12.8 Å². The SMILES string of the molecule is C1CCOC1.CCCCCC(=O)OC1C=C(c2ccc(-c3cc(-c4ccccc4)c(-c4ccc(C5=CC(OC(=O)CCCCC)CCC5OC(=O)CCCCC)cc4)cc3-c3ccccc3)cc2)C(OC(=O)CCCCC)CC1.CCCCCC(=O)OC1C=C(c2ccc(-c3cc(Br)c(-c4ccc(C5=CC(OC(=O)CCCCC)CCC5OC(=O)CCCCC)cc4)cc3Br)cc2)C(OC(=O)CCCCC)CC1. The van der Waals surface area contributed by atoms with Crippen molar-refractivity contribution in [1.29, 1.82) is 0 Å². The lowest BCUT2D eigenvalue weighted by atomic mass is 9.84. The van der Waals surface area contributed by atoms with Gasteiger partial charge >= 0.3 is 47.8 Å². The van der Waals surface area contributed by atoms with E-state index in [9.17, 15) is 38.4 Å². The van der Waals surface area contributed by atoms with Gasteiger partial charge < -0.3 is 42.6 Å². The van der Waals surface area contributed by atoms with Gasteiger partial charge in [-0.25, -0.2) is 0 Å². The van der Waals surface area contributed by atoms with Crippen molar-refractivity contribution in [3.05, 3.63) is 237 Å². The summed E-state index contributed by atoms with van der Waals surface area (Å²) in [5.74, 6) is -1.55. The summed E-state index contributed by atoms with van der Waals surface area (Å²) in [5, 5.41) is 0. The summed E-state index contributed by atoms with van der Waals surface area (Å²) in [6.45, 7) is 18.9. The normalized spacial score (nSPS) is 18.1. The second-order valence-electron chi connectivity index (χ2n) is 38.6. The fraction of sp³-hybridized carbons (Fsp3) is 0.484. The van der Waals surface area contributed by atoms with Crippen molar-refractivity contribution in [2.75, 3.05) is 13.2 Å². The molecule has 1 saturated heterocycles. The van der Waals surface area contributed by atoms with E-state index >= 15 is 0 Å². The maximum Gasteiger partial charge on any atom is 0.306 e. The zero-order chi connectivity index (χ0) is 101. The number of carbonyl (C=O) groups is 8. The van der Waals surface area contributed by atoms with E-state index in [0.29, 0.717) is 103 Å². The maximum atomic E-state index is 13.1. The van der Waals surface area contributed by atoms with Gasteiger partial charge in [0.2, 0.25) is 0 Å². The van der Waals surface area contributed by atoms with E-state index in [1.54, 1.807) is 0 Å². The number of ether oxygens (including phenoxy) is 9. The quantitative estimate of drug-likeness (QED) is 0.0196. The molecule has 17 nitrogen and oxygen atoms in total. The molecule has 0 bridgehead atoms. The van der Waals surface area contributed by atoms with Crippen molar-refractivity contribution in [2.45, 2.75) is 374 Å². The van der Waals surface area contributed by atoms with E-state index in [1.807, 2.05) is 60.7 Å². The Kier molecular flexibility index (Phi) is 48.6. The summed E-state index contributed by atoms with van der Waals surface area (Å²) in [6, 6.07) is 63.1. The standard InChI is InChI=1S/C66H78O8.C54H68Br2O8.C4H8O/c1-5-9-15-27-63(67)71-53-39-41-61(73-65(69)29-17-11-7-3)59(43-53)51-35-31-49(32-36-51)57-45-56(48-25-21-14-22-26-48)58(46-55(57)47-23-19-13-20-24-47)50-33-37-52(38-34-50)60-44-54(72-64(68)28-16-10-6-2)40-42-62(60)74-66(70)30-18-12-8-4;1-5-9-13-17-51(57)61-41-29-31-49(63-53(59)19-15-11-7-3)45(33-41)39-25-21-37(22-26-39)43-35-48(56)44(36-47(43)55)38-23-27-40(28-24-38)46-34-42(62-52(58)18-14-10-6-2)30-32-50(46)64-54(60)20-16-12-8-4;1-2-4-5-3-1/h13-14,19-26,31-38,43-46,53-54,61-62H,5-12,15-18,27-30,39-42H2,1-4H3;21-28,33-36,41-42,49-50H,5-20,29-32H2,1-4H3;1-4H2. The van der Waals surface area contributed by atoms with E-state index in [4.69, 9.17) is 42.6 Å². The molecule has 1 fully saturated rings. The van der Waals surface area contributed by atoms with Gasteiger partial charge in [-0.05, 0) is 275 Å². The minimum atomic E-state index is -0.439. The third kappa shape index (κ3) is 36.2. The Hall–Kier alpha value is -10.6. The molecule has 1 aliphatic heterocycles. The number of unbranched alkanes of at least 4 members (excludes halogenated alkanes) is 16. The van der Waals surface area contributed by atoms with E-state index in [2.05, 4.69) is 233 Å². The van der Waals surface area contributed by atoms with Crippen molar-refractivity contribution in [3.63, 3.8) is 0 Å². The Labute approximate surface area is 868 Å². The summed E-state index contributed by atoms with van der Waals surface area (Å²) in [6.07, 6.45) is 37.7. The molecule has 13 rings (SSSR count). The fourth-order valence-electron chi connectivity index (χ4n) is 19.0. The highest BCUT2D eigenvalue weighted by molar-refractivity contribution is 9.11. The molecule has 0 spiro atoms. The Bertz CT molecular complexity index is 5120. The second kappa shape index (κ2) is 61.6. The molecule has 0 amide bonds. The number of hydrogen-bond acceptors (Lipinski definition) is 17. The number of esters is 8. The molecule has 0 saturated carbocycles. The van der Waals surface area contributed by atoms with Crippen molar-refractivity contribution >= 4 is 102 Å². The number of halogens is 2. The first-order valence-corrected chi connectivity index (χ1v) is 55.5. The van der Waals surface area contributed by atoms with Crippen LogP contribution in [0.5, 0.6) is 0 Å². The van der Waals surface area contributed by atoms with Gasteiger partial charge in [0.15, 0.2) is 0 Å². The van der Waals surface area contributed by atoms with Crippen LogP contribution in [-0.2, 0) is 81.0 Å². The molecule has 8 unspecified atom stereocenters. The lowest BCUT2D eigenvalue weighted by Crippen LogP contribution is -2.28. The van der Waals surface area contributed by atoms with E-state index < -0.39 is 36.6 Å². The summed E-state index contributed by atoms with van der Waals surface area (Å²) in [7, 11) is 0. The van der Waals surface area contributed by atoms with Gasteiger partial charge in [0.1, 0.15) is 48.8 Å². The van der Waals surface area contributed by atoms with Crippen LogP contribution in [0.3, 0.4) is 0 Å². The summed E-state index contributed by atoms with van der Waals surface area (Å²) in [4.78, 5) is 103. The second-order valence-corrected chi connectivity index (χ2v) is 40.3. The van der Waals surface area contributed by atoms with Crippen LogP contribution in [0.1, 0.15) is 347 Å². The summed E-state index contributed by atoms with van der Waals surface area (Å²) < 4.78 is 55.0. The van der Waals surface area contributed by atoms with Gasteiger partial charge in [0.05, 0.1) is 0 Å². The van der Waals surface area contributed by atoms with Gasteiger partial charge in [-0.3, -0.25) is 38.4 Å². The summed E-state index contributed by atoms with van der Waals surface area (Å²) in [5.41, 5.74) is 19.6. The first-order chi connectivity index (χ1) is 69.7. The largest absolute Gasteiger partial charge is 0.458 e. The lowest BCUT2D eigenvalue weighted by Gasteiger charge is -2.29. The molecule has 8 atom stereocenters. The third-order valence-corrected chi connectivity index (χ3v) is 28.4. The van der Waals surface area contributed by atoms with Crippen LogP contribution < -0.4 is 0 Å². The Morgan fingerprint density at radius 1 is 0.231 bits per heavy atom. The molecule has 8 aromatic rings. The van der Waals surface area contributed by atoms with Gasteiger partial charge in [0, 0.05) is 73.5 Å². The van der Waals surface area contributed by atoms with Crippen LogP contribution in [0.2, 0.25) is 0 Å². The van der Waals surface area contributed by atoms with Crippen LogP contribution in [-0.4, -0.2) is 110 Å². The maximum absolute atomic E-state index is 13.1. The number of hydrogen-bond donors (Lipinski definition) is 0. The Balaban J connectivity index is 0.000000262. The van der Waals surface area contributed by atoms with Crippen molar-refractivity contribution in [3.8, 4) is 66.8 Å². The van der Waals surface area contributed by atoms with Crippen LogP contribution in [0.15, 0.2) is 215 Å². The van der Waals surface area contributed by atoms with Gasteiger partial charge in [-0.1, -0.05) is 348 Å². The smallest absolute Gasteiger partial charge is 0.306 e. The topological polar surface area (TPSA) is 220 Å². The van der Waals surface area contributed by atoms with Gasteiger partial charge in [-0.15, -0.1) is 0 Å². The van der Waals surface area contributed by atoms with Crippen LogP contribution in [0, 0.1) is 0 Å². The van der Waals surface area contributed by atoms with Crippen molar-refractivity contribution < 1.29 is 81.0 Å². The van der Waals surface area contributed by atoms with Gasteiger partial charge in [-0.2, -0.15) is 0 Å².